The number of nitro benzene ring substituents is 1. The van der Waals surface area contributed by atoms with E-state index in [-0.39, 0.29) is 11.4 Å². The second-order valence-electron chi connectivity index (χ2n) is 3.99. The van der Waals surface area contributed by atoms with Gasteiger partial charge in [0.1, 0.15) is 0 Å². The van der Waals surface area contributed by atoms with Crippen LogP contribution in [0.4, 0.5) is 5.69 Å². The first kappa shape index (κ1) is 13.5. The summed E-state index contributed by atoms with van der Waals surface area (Å²) in [7, 11) is 0. The second-order valence-corrected chi connectivity index (χ2v) is 4.77. The van der Waals surface area contributed by atoms with Crippen molar-refractivity contribution in [2.75, 3.05) is 6.61 Å². The van der Waals surface area contributed by atoms with Gasteiger partial charge in [0.15, 0.2) is 5.75 Å². The molecule has 0 amide bonds. The fraction of sp³-hybridized carbons (Fsp3) is 0.231. The number of nitrogens with two attached hydrogens (primary N) is 1. The van der Waals surface area contributed by atoms with Crippen molar-refractivity contribution in [2.24, 2.45) is 5.73 Å². The highest BCUT2D eigenvalue weighted by atomic mass is 32.1. The molecule has 2 N–H and O–H groups in total. The molecule has 6 heteroatoms. The molecule has 0 atom stereocenters. The molecule has 0 unspecified atom stereocenters. The summed E-state index contributed by atoms with van der Waals surface area (Å²) in [5.41, 5.74) is 7.49. The first-order valence-corrected chi connectivity index (χ1v) is 6.76. The Kier molecular flexibility index (Phi) is 4.48. The topological polar surface area (TPSA) is 78.4 Å². The Labute approximate surface area is 114 Å². The van der Waals surface area contributed by atoms with Gasteiger partial charge in [0.2, 0.25) is 0 Å². The van der Waals surface area contributed by atoms with Gasteiger partial charge in [-0.1, -0.05) is 6.07 Å². The molecule has 2 rings (SSSR count). The van der Waals surface area contributed by atoms with Crippen LogP contribution in [-0.4, -0.2) is 11.5 Å². The van der Waals surface area contributed by atoms with E-state index >= 15 is 0 Å². The van der Waals surface area contributed by atoms with E-state index in [1.165, 1.54) is 11.6 Å². The van der Waals surface area contributed by atoms with E-state index in [4.69, 9.17) is 10.5 Å². The predicted molar refractivity (Wildman–Crippen MR) is 74.5 cm³/mol. The van der Waals surface area contributed by atoms with Crippen molar-refractivity contribution in [2.45, 2.75) is 13.0 Å². The molecule has 1 aromatic heterocycles. The van der Waals surface area contributed by atoms with Crippen molar-refractivity contribution in [3.05, 3.63) is 56.3 Å². The molecule has 0 spiro atoms. The van der Waals surface area contributed by atoms with Crippen molar-refractivity contribution in [1.29, 1.82) is 0 Å². The van der Waals surface area contributed by atoms with E-state index in [1.807, 2.05) is 16.8 Å². The van der Waals surface area contributed by atoms with Gasteiger partial charge >= 0.3 is 5.69 Å². The summed E-state index contributed by atoms with van der Waals surface area (Å²) in [5.74, 6) is 0.281. The Morgan fingerprint density at radius 2 is 2.16 bits per heavy atom. The number of nitrogens with zero attached hydrogens (tertiary/aromatic N) is 1. The first-order chi connectivity index (χ1) is 9.20. The molecule has 19 heavy (non-hydrogen) atoms. The molecule has 0 aliphatic carbocycles. The van der Waals surface area contributed by atoms with Gasteiger partial charge in [-0.2, -0.15) is 11.3 Å². The van der Waals surface area contributed by atoms with E-state index in [1.54, 1.807) is 23.5 Å². The van der Waals surface area contributed by atoms with E-state index < -0.39 is 4.92 Å². The monoisotopic (exact) mass is 278 g/mol. The molecular weight excluding hydrogens is 264 g/mol. The third kappa shape index (κ3) is 3.52. The molecule has 0 fully saturated rings. The van der Waals surface area contributed by atoms with Crippen LogP contribution in [0, 0.1) is 10.1 Å². The van der Waals surface area contributed by atoms with Gasteiger partial charge in [0, 0.05) is 19.0 Å². The largest absolute Gasteiger partial charge is 0.486 e. The van der Waals surface area contributed by atoms with E-state index in [0.29, 0.717) is 13.2 Å². The first-order valence-electron chi connectivity index (χ1n) is 5.82. The molecular formula is C13H14N2O3S. The molecule has 5 nitrogen and oxygen atoms in total. The molecule has 0 saturated heterocycles. The van der Waals surface area contributed by atoms with Crippen LogP contribution in [0.2, 0.25) is 0 Å². The lowest BCUT2D eigenvalue weighted by Crippen LogP contribution is -2.04. The lowest BCUT2D eigenvalue weighted by Gasteiger charge is -2.07. The van der Waals surface area contributed by atoms with Crippen LogP contribution in [0.25, 0.3) is 0 Å². The summed E-state index contributed by atoms with van der Waals surface area (Å²) in [6, 6.07) is 6.72. The van der Waals surface area contributed by atoms with Gasteiger partial charge in [-0.15, -0.1) is 0 Å². The van der Waals surface area contributed by atoms with Crippen LogP contribution in [0.1, 0.15) is 11.1 Å². The predicted octanol–water partition coefficient (Wildman–Crippen LogP) is 2.74. The van der Waals surface area contributed by atoms with Crippen LogP contribution >= 0.6 is 11.3 Å². The fourth-order valence-corrected chi connectivity index (χ4v) is 2.37. The summed E-state index contributed by atoms with van der Waals surface area (Å²) in [5, 5.41) is 14.9. The average molecular weight is 278 g/mol. The van der Waals surface area contributed by atoms with Gasteiger partial charge in [0.25, 0.3) is 0 Å². The summed E-state index contributed by atoms with van der Waals surface area (Å²) >= 11 is 1.62. The van der Waals surface area contributed by atoms with E-state index in [2.05, 4.69) is 0 Å². The minimum atomic E-state index is -0.444. The highest BCUT2D eigenvalue weighted by molar-refractivity contribution is 7.07. The van der Waals surface area contributed by atoms with Gasteiger partial charge in [-0.3, -0.25) is 10.1 Å². The quantitative estimate of drug-likeness (QED) is 0.651. The van der Waals surface area contributed by atoms with Crippen molar-refractivity contribution in [1.82, 2.24) is 0 Å². The Morgan fingerprint density at radius 1 is 1.32 bits per heavy atom. The Morgan fingerprint density at radius 3 is 2.79 bits per heavy atom. The molecule has 1 heterocycles. The maximum atomic E-state index is 10.9. The third-order valence-electron chi connectivity index (χ3n) is 2.69. The van der Waals surface area contributed by atoms with Crippen LogP contribution in [0.3, 0.4) is 0 Å². The zero-order chi connectivity index (χ0) is 13.7. The molecule has 0 aliphatic rings. The van der Waals surface area contributed by atoms with Gasteiger partial charge < -0.3 is 10.5 Å². The minimum absolute atomic E-state index is 0.0254. The zero-order valence-electron chi connectivity index (χ0n) is 10.2. The number of benzene rings is 1. The summed E-state index contributed by atoms with van der Waals surface area (Å²) in [4.78, 5) is 10.5. The summed E-state index contributed by atoms with van der Waals surface area (Å²) in [6.07, 6.45) is 0.730. The summed E-state index contributed by atoms with van der Waals surface area (Å²) in [6.45, 7) is 0.741. The van der Waals surface area contributed by atoms with Crippen molar-refractivity contribution >= 4 is 17.0 Å². The number of nitro groups is 1. The van der Waals surface area contributed by atoms with Crippen molar-refractivity contribution in [3.8, 4) is 5.75 Å². The van der Waals surface area contributed by atoms with Gasteiger partial charge in [-0.25, -0.2) is 0 Å². The lowest BCUT2D eigenvalue weighted by atomic mass is 10.2. The molecule has 2 aromatic rings. The lowest BCUT2D eigenvalue weighted by molar-refractivity contribution is -0.385. The average Bonchev–Trinajstić information content (AvgIpc) is 2.91. The second kappa shape index (κ2) is 6.31. The zero-order valence-corrected chi connectivity index (χ0v) is 11.1. The van der Waals surface area contributed by atoms with Gasteiger partial charge in [0.05, 0.1) is 11.5 Å². The van der Waals surface area contributed by atoms with Crippen LogP contribution < -0.4 is 10.5 Å². The number of hydrogen-bond acceptors (Lipinski definition) is 5. The molecule has 0 bridgehead atoms. The number of hydrogen-bond donors (Lipinski definition) is 1. The van der Waals surface area contributed by atoms with Gasteiger partial charge in [-0.05, 0) is 34.0 Å². The van der Waals surface area contributed by atoms with Crippen LogP contribution in [0.15, 0.2) is 35.0 Å². The molecule has 100 valence electrons. The fourth-order valence-electron chi connectivity index (χ4n) is 1.67. The maximum Gasteiger partial charge on any atom is 0.310 e. The standard InChI is InChI=1S/C13H14N2O3S/c14-8-11-1-2-12(15(16)17)13(7-11)18-5-3-10-4-6-19-9-10/h1-2,4,6-7,9H,3,5,8,14H2. The van der Waals surface area contributed by atoms with Crippen molar-refractivity contribution < 1.29 is 9.66 Å². The summed E-state index contributed by atoms with van der Waals surface area (Å²) < 4.78 is 5.52. The Hall–Kier alpha value is -1.92. The Bertz CT molecular complexity index is 555. The molecule has 0 saturated carbocycles. The van der Waals surface area contributed by atoms with Crippen LogP contribution in [-0.2, 0) is 13.0 Å². The maximum absolute atomic E-state index is 10.9. The third-order valence-corrected chi connectivity index (χ3v) is 3.42. The highest BCUT2D eigenvalue weighted by Gasteiger charge is 2.15. The SMILES string of the molecule is NCc1ccc([N+](=O)[O-])c(OCCc2ccsc2)c1. The minimum Gasteiger partial charge on any atom is -0.486 e. The van der Waals surface area contributed by atoms with E-state index in [0.717, 1.165) is 12.0 Å². The normalized spacial score (nSPS) is 10.4. The number of rotatable bonds is 6. The van der Waals surface area contributed by atoms with Crippen LogP contribution in [0.5, 0.6) is 5.75 Å². The van der Waals surface area contributed by atoms with Crippen molar-refractivity contribution in [3.63, 3.8) is 0 Å². The molecule has 0 aliphatic heterocycles. The smallest absolute Gasteiger partial charge is 0.310 e. The molecule has 0 radical (unpaired) electrons. The number of thiophene rings is 1. The highest BCUT2D eigenvalue weighted by Crippen LogP contribution is 2.28. The Balaban J connectivity index is 2.06. The van der Waals surface area contributed by atoms with E-state index in [9.17, 15) is 10.1 Å². The molecule has 1 aromatic carbocycles. The number of ether oxygens (including phenoxy) is 1.